The van der Waals surface area contributed by atoms with E-state index in [1.54, 1.807) is 38.1 Å². The summed E-state index contributed by atoms with van der Waals surface area (Å²) < 4.78 is 10.3. The Morgan fingerprint density at radius 3 is 2.30 bits per heavy atom. The van der Waals surface area contributed by atoms with Gasteiger partial charge < -0.3 is 14.8 Å². The average Bonchev–Trinajstić information content (AvgIpc) is 2.52. The zero-order chi connectivity index (χ0) is 17.4. The number of carbonyl (C=O) groups excluding carboxylic acids is 2. The monoisotopic (exact) mass is 318 g/mol. The first-order valence-electron chi connectivity index (χ1n) is 7.52. The smallest absolute Gasteiger partial charge is 0.330 e. The average molecular weight is 318 g/mol. The maximum atomic E-state index is 12.3. The number of nitrogens with one attached hydrogen (secondary N) is 1. The molecule has 0 aliphatic rings. The molecule has 0 spiro atoms. The first-order chi connectivity index (χ1) is 10.9. The maximum Gasteiger partial charge on any atom is 0.330 e. The molecule has 0 saturated carbocycles. The second-order valence-electron chi connectivity index (χ2n) is 5.36. The van der Waals surface area contributed by atoms with Crippen molar-refractivity contribution in [2.75, 3.05) is 6.61 Å². The number of esters is 1. The number of nitriles is 1. The molecule has 0 aliphatic carbocycles. The molecule has 1 amide bonds. The van der Waals surface area contributed by atoms with Crippen molar-refractivity contribution in [3.8, 4) is 11.8 Å². The van der Waals surface area contributed by atoms with Gasteiger partial charge in [-0.15, -0.1) is 0 Å². The van der Waals surface area contributed by atoms with Crippen molar-refractivity contribution < 1.29 is 19.1 Å². The number of nitrogens with zero attached hydrogens (tertiary/aromatic N) is 1. The van der Waals surface area contributed by atoms with Crippen molar-refractivity contribution in [2.24, 2.45) is 5.92 Å². The third-order valence-corrected chi connectivity index (χ3v) is 3.11. The lowest BCUT2D eigenvalue weighted by atomic mass is 10.0. The normalized spacial score (nSPS) is 12.9. The molecule has 23 heavy (non-hydrogen) atoms. The molecule has 0 saturated heterocycles. The summed E-state index contributed by atoms with van der Waals surface area (Å²) in [5, 5.41) is 11.4. The number of carbonyl (C=O) groups is 2. The second-order valence-corrected chi connectivity index (χ2v) is 5.36. The topological polar surface area (TPSA) is 88.4 Å². The molecule has 6 nitrogen and oxygen atoms in total. The van der Waals surface area contributed by atoms with Crippen LogP contribution in [0.1, 0.15) is 38.1 Å². The zero-order valence-electron chi connectivity index (χ0n) is 13.8. The van der Waals surface area contributed by atoms with Crippen LogP contribution in [-0.2, 0) is 9.53 Å². The van der Waals surface area contributed by atoms with E-state index in [9.17, 15) is 9.59 Å². The van der Waals surface area contributed by atoms with E-state index < -0.39 is 18.1 Å². The molecule has 6 heteroatoms. The van der Waals surface area contributed by atoms with Crippen LogP contribution < -0.4 is 10.1 Å². The molecule has 1 aromatic carbocycles. The Hall–Kier alpha value is -2.55. The molecule has 124 valence electrons. The largest absolute Gasteiger partial charge is 0.494 e. The molecule has 0 fully saturated rings. The summed E-state index contributed by atoms with van der Waals surface area (Å²) in [6.07, 6.45) is -0.855. The van der Waals surface area contributed by atoms with Crippen LogP contribution in [-0.4, -0.2) is 30.6 Å². The lowest BCUT2D eigenvalue weighted by molar-refractivity contribution is -0.149. The Morgan fingerprint density at radius 2 is 1.83 bits per heavy atom. The number of amides is 1. The number of ether oxygens (including phenoxy) is 2. The fourth-order valence-electron chi connectivity index (χ4n) is 1.87. The quantitative estimate of drug-likeness (QED) is 0.779. The van der Waals surface area contributed by atoms with Gasteiger partial charge in [-0.1, -0.05) is 13.8 Å². The summed E-state index contributed by atoms with van der Waals surface area (Å²) in [4.78, 5) is 24.3. The van der Waals surface area contributed by atoms with Crippen LogP contribution in [0.2, 0.25) is 0 Å². The molecule has 0 unspecified atom stereocenters. The third-order valence-electron chi connectivity index (χ3n) is 3.11. The number of benzene rings is 1. The van der Waals surface area contributed by atoms with E-state index in [1.165, 1.54) is 6.92 Å². The van der Waals surface area contributed by atoms with Gasteiger partial charge in [0.05, 0.1) is 6.61 Å². The van der Waals surface area contributed by atoms with Gasteiger partial charge in [-0.05, 0) is 44.0 Å². The SMILES string of the molecule is CCOc1ccc(C(=O)N[C@H](C(=O)O[C@@H](C)C#N)C(C)C)cc1. The van der Waals surface area contributed by atoms with Crippen LogP contribution in [0.5, 0.6) is 5.75 Å². The van der Waals surface area contributed by atoms with Gasteiger partial charge in [0.15, 0.2) is 6.10 Å². The lowest BCUT2D eigenvalue weighted by Crippen LogP contribution is -2.46. The van der Waals surface area contributed by atoms with E-state index in [2.05, 4.69) is 5.32 Å². The molecular weight excluding hydrogens is 296 g/mol. The zero-order valence-corrected chi connectivity index (χ0v) is 13.8. The fraction of sp³-hybridized carbons (Fsp3) is 0.471. The molecule has 0 aromatic heterocycles. The van der Waals surface area contributed by atoms with E-state index in [4.69, 9.17) is 14.7 Å². The highest BCUT2D eigenvalue weighted by atomic mass is 16.5. The van der Waals surface area contributed by atoms with E-state index in [1.807, 2.05) is 13.0 Å². The Morgan fingerprint density at radius 1 is 1.22 bits per heavy atom. The first-order valence-corrected chi connectivity index (χ1v) is 7.52. The summed E-state index contributed by atoms with van der Waals surface area (Å²) in [7, 11) is 0. The van der Waals surface area contributed by atoms with Gasteiger partial charge in [0.2, 0.25) is 0 Å². The summed E-state index contributed by atoms with van der Waals surface area (Å²) in [6, 6.07) is 7.65. The van der Waals surface area contributed by atoms with E-state index in [0.29, 0.717) is 17.9 Å². The second kappa shape index (κ2) is 8.79. The fourth-order valence-corrected chi connectivity index (χ4v) is 1.87. The van der Waals surface area contributed by atoms with Crippen LogP contribution in [0.4, 0.5) is 0 Å². The third kappa shape index (κ3) is 5.62. The Labute approximate surface area is 136 Å². The highest BCUT2D eigenvalue weighted by Crippen LogP contribution is 2.13. The summed E-state index contributed by atoms with van der Waals surface area (Å²) in [5.74, 6) is -0.492. The van der Waals surface area contributed by atoms with Crippen molar-refractivity contribution >= 4 is 11.9 Å². The van der Waals surface area contributed by atoms with E-state index >= 15 is 0 Å². The minimum Gasteiger partial charge on any atom is -0.494 e. The standard InChI is InChI=1S/C17H22N2O4/c1-5-22-14-8-6-13(7-9-14)16(20)19-15(11(2)3)17(21)23-12(4)10-18/h6-9,11-12,15H,5H2,1-4H3,(H,19,20)/t12-,15-/m0/s1. The molecule has 0 aliphatic heterocycles. The van der Waals surface area contributed by atoms with Crippen molar-refractivity contribution in [1.29, 1.82) is 5.26 Å². The highest BCUT2D eigenvalue weighted by molar-refractivity contribution is 5.97. The van der Waals surface area contributed by atoms with Crippen LogP contribution >= 0.6 is 0 Å². The Kier molecular flexibility index (Phi) is 7.07. The molecule has 1 N–H and O–H groups in total. The minimum atomic E-state index is -0.855. The Balaban J connectivity index is 2.78. The number of rotatable bonds is 7. The summed E-state index contributed by atoms with van der Waals surface area (Å²) >= 11 is 0. The Bertz CT molecular complexity index is 575. The van der Waals surface area contributed by atoms with Crippen LogP contribution in [0, 0.1) is 17.2 Å². The van der Waals surface area contributed by atoms with Gasteiger partial charge >= 0.3 is 5.97 Å². The number of hydrogen-bond acceptors (Lipinski definition) is 5. The van der Waals surface area contributed by atoms with Gasteiger partial charge in [-0.2, -0.15) is 5.26 Å². The van der Waals surface area contributed by atoms with Crippen molar-refractivity contribution in [3.05, 3.63) is 29.8 Å². The number of hydrogen-bond donors (Lipinski definition) is 1. The van der Waals surface area contributed by atoms with Crippen molar-refractivity contribution in [3.63, 3.8) is 0 Å². The molecule has 2 atom stereocenters. The summed E-state index contributed by atoms with van der Waals surface area (Å²) in [5.41, 5.74) is 0.417. The van der Waals surface area contributed by atoms with Gasteiger partial charge in [0.1, 0.15) is 17.9 Å². The van der Waals surface area contributed by atoms with Crippen LogP contribution in [0.15, 0.2) is 24.3 Å². The lowest BCUT2D eigenvalue weighted by Gasteiger charge is -2.21. The molecule has 1 aromatic rings. The summed E-state index contributed by atoms with van der Waals surface area (Å²) in [6.45, 7) is 7.48. The molecule has 0 heterocycles. The van der Waals surface area contributed by atoms with Crippen LogP contribution in [0.3, 0.4) is 0 Å². The molecule has 0 radical (unpaired) electrons. The van der Waals surface area contributed by atoms with E-state index in [0.717, 1.165) is 0 Å². The van der Waals surface area contributed by atoms with Crippen LogP contribution in [0.25, 0.3) is 0 Å². The predicted molar refractivity (Wildman–Crippen MR) is 84.9 cm³/mol. The van der Waals surface area contributed by atoms with Crippen molar-refractivity contribution in [1.82, 2.24) is 5.32 Å². The first kappa shape index (κ1) is 18.5. The minimum absolute atomic E-state index is 0.167. The predicted octanol–water partition coefficient (Wildman–Crippen LogP) is 2.29. The van der Waals surface area contributed by atoms with Gasteiger partial charge in [-0.25, -0.2) is 4.79 Å². The highest BCUT2D eigenvalue weighted by Gasteiger charge is 2.27. The van der Waals surface area contributed by atoms with E-state index in [-0.39, 0.29) is 11.8 Å². The van der Waals surface area contributed by atoms with Crippen molar-refractivity contribution in [2.45, 2.75) is 39.8 Å². The maximum absolute atomic E-state index is 12.3. The van der Waals surface area contributed by atoms with Gasteiger partial charge in [0.25, 0.3) is 5.91 Å². The van der Waals surface area contributed by atoms with Gasteiger partial charge in [0, 0.05) is 5.56 Å². The molecule has 0 bridgehead atoms. The van der Waals surface area contributed by atoms with Gasteiger partial charge in [-0.3, -0.25) is 4.79 Å². The molecule has 1 rings (SSSR count). The molecular formula is C17H22N2O4.